The molecule has 0 saturated heterocycles. The number of hydrogen-bond donors (Lipinski definition) is 1. The fourth-order valence-electron chi connectivity index (χ4n) is 2.44. The monoisotopic (exact) mass is 346 g/mol. The minimum absolute atomic E-state index is 0.0257. The zero-order valence-corrected chi connectivity index (χ0v) is 15.2. The first kappa shape index (κ1) is 18.9. The predicted molar refractivity (Wildman–Crippen MR) is 94.2 cm³/mol. The summed E-state index contributed by atoms with van der Waals surface area (Å²) in [5.74, 6) is 0.929. The largest absolute Gasteiger partial charge is 0.483 e. The van der Waals surface area contributed by atoms with E-state index in [1.165, 1.54) is 0 Å². The van der Waals surface area contributed by atoms with E-state index in [9.17, 15) is 9.90 Å². The number of benzene rings is 1. The Morgan fingerprint density at radius 2 is 2.04 bits per heavy atom. The molecule has 1 amide bonds. The molecule has 1 atom stereocenters. The third-order valence-electron chi connectivity index (χ3n) is 3.75. The molecule has 7 nitrogen and oxygen atoms in total. The van der Waals surface area contributed by atoms with Crippen molar-refractivity contribution in [1.29, 1.82) is 0 Å². The normalized spacial score (nSPS) is 12.2. The van der Waals surface area contributed by atoms with Crippen LogP contribution in [0.25, 0.3) is 0 Å². The number of para-hydroxylation sites is 1. The smallest absolute Gasteiger partial charge is 0.260 e. The topological polar surface area (TPSA) is 80.5 Å². The van der Waals surface area contributed by atoms with Gasteiger partial charge in [0, 0.05) is 7.05 Å². The second-order valence-electron chi connectivity index (χ2n) is 6.51. The highest BCUT2D eigenvalue weighted by Gasteiger charge is 2.14. The van der Waals surface area contributed by atoms with Gasteiger partial charge in [-0.3, -0.25) is 4.79 Å². The van der Waals surface area contributed by atoms with Crippen molar-refractivity contribution >= 4 is 5.91 Å². The maximum absolute atomic E-state index is 12.3. The number of aliphatic hydroxyl groups excluding tert-OH is 1. The van der Waals surface area contributed by atoms with Crippen LogP contribution in [0.5, 0.6) is 5.75 Å². The maximum Gasteiger partial charge on any atom is 0.260 e. The van der Waals surface area contributed by atoms with E-state index >= 15 is 0 Å². The fourth-order valence-corrected chi connectivity index (χ4v) is 2.44. The van der Waals surface area contributed by atoms with E-state index < -0.39 is 6.10 Å². The number of carbonyl (C=O) groups excluding carboxylic acids is 1. The Kier molecular flexibility index (Phi) is 6.52. The van der Waals surface area contributed by atoms with Gasteiger partial charge in [-0.15, -0.1) is 5.10 Å². The first-order chi connectivity index (χ1) is 11.9. The van der Waals surface area contributed by atoms with E-state index in [1.54, 1.807) is 29.7 Å². The molecule has 0 fully saturated rings. The number of nitrogens with zero attached hydrogens (tertiary/aromatic N) is 4. The van der Waals surface area contributed by atoms with Gasteiger partial charge in [0.25, 0.3) is 5.91 Å². The number of hydrogen-bond acceptors (Lipinski definition) is 5. The standard InChI is InChI=1S/C18H26N4O3/c1-13(2)16-7-5-6-8-17(16)25-12-18(24)21(4)10-15-11-22(20-19-15)9-14(3)23/h5-8,11,13-14,23H,9-10,12H2,1-4H3. The lowest BCUT2D eigenvalue weighted by atomic mass is 10.0. The van der Waals surface area contributed by atoms with Gasteiger partial charge in [-0.05, 0) is 24.5 Å². The zero-order valence-electron chi connectivity index (χ0n) is 15.2. The Bertz CT molecular complexity index is 697. The molecule has 1 aromatic heterocycles. The van der Waals surface area contributed by atoms with Gasteiger partial charge in [0.05, 0.1) is 25.4 Å². The van der Waals surface area contributed by atoms with Gasteiger partial charge in [0.2, 0.25) is 0 Å². The molecule has 0 saturated carbocycles. The van der Waals surface area contributed by atoms with Crippen LogP contribution < -0.4 is 4.74 Å². The number of rotatable bonds is 8. The third-order valence-corrected chi connectivity index (χ3v) is 3.75. The summed E-state index contributed by atoms with van der Waals surface area (Å²) in [6, 6.07) is 7.75. The Labute approximate surface area is 148 Å². The molecule has 25 heavy (non-hydrogen) atoms. The molecule has 0 aliphatic heterocycles. The molecule has 1 unspecified atom stereocenters. The van der Waals surface area contributed by atoms with Crippen molar-refractivity contribution in [2.45, 2.75) is 45.9 Å². The minimum atomic E-state index is -0.497. The molecular formula is C18H26N4O3. The molecule has 1 aromatic carbocycles. The van der Waals surface area contributed by atoms with Crippen molar-refractivity contribution < 1.29 is 14.6 Å². The quantitative estimate of drug-likeness (QED) is 0.788. The van der Waals surface area contributed by atoms with Crippen LogP contribution in [0.1, 0.15) is 37.9 Å². The highest BCUT2D eigenvalue weighted by Crippen LogP contribution is 2.25. The highest BCUT2D eigenvalue weighted by atomic mass is 16.5. The van der Waals surface area contributed by atoms with Crippen LogP contribution >= 0.6 is 0 Å². The fraction of sp³-hybridized carbons (Fsp3) is 0.500. The van der Waals surface area contributed by atoms with Crippen LogP contribution in [-0.2, 0) is 17.9 Å². The van der Waals surface area contributed by atoms with Crippen LogP contribution in [0.2, 0.25) is 0 Å². The molecule has 1 heterocycles. The number of aromatic nitrogens is 3. The molecule has 0 bridgehead atoms. The van der Waals surface area contributed by atoms with Crippen LogP contribution in [0.4, 0.5) is 0 Å². The summed E-state index contributed by atoms with van der Waals surface area (Å²) in [5.41, 5.74) is 1.75. The van der Waals surface area contributed by atoms with E-state index in [4.69, 9.17) is 4.74 Å². The lowest BCUT2D eigenvalue weighted by Crippen LogP contribution is -2.31. The molecule has 0 radical (unpaired) electrons. The van der Waals surface area contributed by atoms with E-state index in [1.807, 2.05) is 24.3 Å². The summed E-state index contributed by atoms with van der Waals surface area (Å²) in [6.45, 7) is 6.55. The van der Waals surface area contributed by atoms with Crippen LogP contribution in [0.3, 0.4) is 0 Å². The lowest BCUT2D eigenvalue weighted by molar-refractivity contribution is -0.132. The van der Waals surface area contributed by atoms with Crippen molar-refractivity contribution in [2.24, 2.45) is 0 Å². The Morgan fingerprint density at radius 3 is 2.72 bits per heavy atom. The summed E-state index contributed by atoms with van der Waals surface area (Å²) < 4.78 is 7.27. The van der Waals surface area contributed by atoms with E-state index in [0.717, 1.165) is 11.3 Å². The number of carbonyl (C=O) groups is 1. The SMILES string of the molecule is CC(O)Cn1cc(CN(C)C(=O)COc2ccccc2C(C)C)nn1. The summed E-state index contributed by atoms with van der Waals surface area (Å²) in [5, 5.41) is 17.3. The number of aliphatic hydroxyl groups is 1. The lowest BCUT2D eigenvalue weighted by Gasteiger charge is -2.18. The van der Waals surface area contributed by atoms with Gasteiger partial charge in [-0.2, -0.15) is 0 Å². The first-order valence-corrected chi connectivity index (χ1v) is 8.39. The number of likely N-dealkylation sites (N-methyl/N-ethyl adjacent to an activating group) is 1. The Hall–Kier alpha value is -2.41. The Balaban J connectivity index is 1.89. The second-order valence-corrected chi connectivity index (χ2v) is 6.51. The van der Waals surface area contributed by atoms with E-state index in [-0.39, 0.29) is 12.5 Å². The summed E-state index contributed by atoms with van der Waals surface area (Å²) in [4.78, 5) is 13.8. The van der Waals surface area contributed by atoms with Gasteiger partial charge in [0.1, 0.15) is 11.4 Å². The van der Waals surface area contributed by atoms with E-state index in [0.29, 0.717) is 24.7 Å². The van der Waals surface area contributed by atoms with Crippen molar-refractivity contribution in [3.8, 4) is 5.75 Å². The molecule has 136 valence electrons. The van der Waals surface area contributed by atoms with Crippen LogP contribution in [-0.4, -0.2) is 50.7 Å². The molecular weight excluding hydrogens is 320 g/mol. The zero-order chi connectivity index (χ0) is 18.4. The summed E-state index contributed by atoms with van der Waals surface area (Å²) in [7, 11) is 1.70. The third kappa shape index (κ3) is 5.56. The average Bonchev–Trinajstić information content (AvgIpc) is 2.98. The summed E-state index contributed by atoms with van der Waals surface area (Å²) >= 11 is 0. The molecule has 7 heteroatoms. The van der Waals surface area contributed by atoms with Crippen molar-refractivity contribution in [2.75, 3.05) is 13.7 Å². The highest BCUT2D eigenvalue weighted by molar-refractivity contribution is 5.77. The molecule has 0 aliphatic carbocycles. The number of ether oxygens (including phenoxy) is 1. The van der Waals surface area contributed by atoms with Crippen molar-refractivity contribution in [3.05, 3.63) is 41.7 Å². The minimum Gasteiger partial charge on any atom is -0.483 e. The van der Waals surface area contributed by atoms with Gasteiger partial charge in [-0.1, -0.05) is 37.3 Å². The second kappa shape index (κ2) is 8.62. The number of amides is 1. The predicted octanol–water partition coefficient (Wildman–Crippen LogP) is 1.82. The van der Waals surface area contributed by atoms with Crippen molar-refractivity contribution in [3.63, 3.8) is 0 Å². The Morgan fingerprint density at radius 1 is 1.32 bits per heavy atom. The van der Waals surface area contributed by atoms with Gasteiger partial charge in [0.15, 0.2) is 6.61 Å². The molecule has 2 rings (SSSR count). The molecule has 0 aliphatic rings. The van der Waals surface area contributed by atoms with Gasteiger partial charge >= 0.3 is 0 Å². The summed E-state index contributed by atoms with van der Waals surface area (Å²) in [6.07, 6.45) is 1.23. The van der Waals surface area contributed by atoms with Gasteiger partial charge < -0.3 is 14.7 Å². The van der Waals surface area contributed by atoms with Crippen molar-refractivity contribution in [1.82, 2.24) is 19.9 Å². The molecule has 0 spiro atoms. The molecule has 1 N–H and O–H groups in total. The molecule has 2 aromatic rings. The van der Waals surface area contributed by atoms with Crippen LogP contribution in [0.15, 0.2) is 30.5 Å². The first-order valence-electron chi connectivity index (χ1n) is 8.39. The van der Waals surface area contributed by atoms with E-state index in [2.05, 4.69) is 24.2 Å². The maximum atomic E-state index is 12.3. The van der Waals surface area contributed by atoms with Gasteiger partial charge in [-0.25, -0.2) is 4.68 Å². The van der Waals surface area contributed by atoms with Crippen LogP contribution in [0, 0.1) is 0 Å². The average molecular weight is 346 g/mol.